The number of ether oxygens (including phenoxy) is 1. The quantitative estimate of drug-likeness (QED) is 0.517. The molecule has 28 heavy (non-hydrogen) atoms. The smallest absolute Gasteiger partial charge is 0.242 e. The minimum absolute atomic E-state index is 0.00739. The van der Waals surface area contributed by atoms with Crippen LogP contribution in [0.1, 0.15) is 51.7 Å². The number of carbonyl (C=O) groups is 1. The normalized spacial score (nSPS) is 17.1. The number of guanidine groups is 1. The van der Waals surface area contributed by atoms with Crippen molar-refractivity contribution in [2.45, 2.75) is 58.4 Å². The van der Waals surface area contributed by atoms with Crippen LogP contribution in [0.3, 0.4) is 0 Å². The maximum atomic E-state index is 12.1. The van der Waals surface area contributed by atoms with Crippen molar-refractivity contribution in [1.29, 1.82) is 0 Å². The van der Waals surface area contributed by atoms with Crippen LogP contribution in [0.5, 0.6) is 0 Å². The van der Waals surface area contributed by atoms with E-state index in [0.29, 0.717) is 5.96 Å². The number of nitrogens with one attached hydrogen (secondary N) is 3. The molecule has 0 radical (unpaired) electrons. The molecule has 0 bridgehead atoms. The molecular weight excluding hydrogens is 352 g/mol. The second-order valence-corrected chi connectivity index (χ2v) is 8.55. The Morgan fingerprint density at radius 1 is 1.18 bits per heavy atom. The predicted octanol–water partition coefficient (Wildman–Crippen LogP) is 2.51. The summed E-state index contributed by atoms with van der Waals surface area (Å²) in [6.45, 7) is 13.2. The van der Waals surface area contributed by atoms with E-state index in [4.69, 9.17) is 4.74 Å². The van der Waals surface area contributed by atoms with Crippen LogP contribution >= 0.6 is 0 Å². The Hall–Kier alpha value is -2.08. The summed E-state index contributed by atoms with van der Waals surface area (Å²) >= 11 is 0. The summed E-state index contributed by atoms with van der Waals surface area (Å²) in [6, 6.07) is 8.58. The number of hydrogen-bond donors (Lipinski definition) is 3. The van der Waals surface area contributed by atoms with Gasteiger partial charge in [-0.2, -0.15) is 0 Å². The first-order valence-electron chi connectivity index (χ1n) is 10.2. The van der Waals surface area contributed by atoms with Crippen LogP contribution in [0.15, 0.2) is 29.3 Å². The molecule has 3 N–H and O–H groups in total. The summed E-state index contributed by atoms with van der Waals surface area (Å²) in [5, 5.41) is 9.67. The van der Waals surface area contributed by atoms with Crippen LogP contribution in [0, 0.1) is 6.92 Å². The third kappa shape index (κ3) is 6.51. The van der Waals surface area contributed by atoms with Crippen molar-refractivity contribution in [2.75, 3.05) is 32.8 Å². The van der Waals surface area contributed by atoms with E-state index in [-0.39, 0.29) is 23.4 Å². The molecule has 0 aliphatic carbocycles. The Balaban J connectivity index is 2.11. The minimum Gasteiger partial charge on any atom is -0.381 e. The molecule has 1 aliphatic rings. The zero-order valence-corrected chi connectivity index (χ0v) is 18.0. The average molecular weight is 389 g/mol. The molecule has 6 nitrogen and oxygen atoms in total. The summed E-state index contributed by atoms with van der Waals surface area (Å²) < 4.78 is 5.64. The lowest BCUT2D eigenvalue weighted by atomic mass is 9.72. The highest BCUT2D eigenvalue weighted by molar-refractivity contribution is 5.85. The molecule has 1 saturated heterocycles. The number of amides is 1. The molecule has 1 aliphatic heterocycles. The van der Waals surface area contributed by atoms with Crippen LogP contribution in [0.25, 0.3) is 0 Å². The largest absolute Gasteiger partial charge is 0.381 e. The van der Waals surface area contributed by atoms with Gasteiger partial charge < -0.3 is 20.7 Å². The third-order valence-corrected chi connectivity index (χ3v) is 5.00. The molecule has 6 heteroatoms. The fourth-order valence-electron chi connectivity index (χ4n) is 3.67. The standard InChI is InChI=1S/C22H36N4O2/c1-6-23-20(24-15-19(27)26-21(3,4)5)25-16-22(11-13-28-14-12-22)18-10-8-7-9-17(18)2/h7-10H,6,11-16H2,1-5H3,(H,26,27)(H2,23,24,25). The van der Waals surface area contributed by atoms with E-state index in [2.05, 4.69) is 52.1 Å². The van der Waals surface area contributed by atoms with Crippen molar-refractivity contribution in [3.63, 3.8) is 0 Å². The maximum Gasteiger partial charge on any atom is 0.242 e. The summed E-state index contributed by atoms with van der Waals surface area (Å²) in [5.74, 6) is 0.593. The molecule has 1 heterocycles. The number of carbonyl (C=O) groups excluding carboxylic acids is 1. The van der Waals surface area contributed by atoms with Crippen LogP contribution in [-0.4, -0.2) is 50.3 Å². The van der Waals surface area contributed by atoms with Crippen molar-refractivity contribution in [3.8, 4) is 0 Å². The van der Waals surface area contributed by atoms with Gasteiger partial charge in [-0.25, -0.2) is 4.99 Å². The van der Waals surface area contributed by atoms with Crippen molar-refractivity contribution >= 4 is 11.9 Å². The predicted molar refractivity (Wildman–Crippen MR) is 115 cm³/mol. The third-order valence-electron chi connectivity index (χ3n) is 5.00. The summed E-state index contributed by atoms with van der Waals surface area (Å²) in [7, 11) is 0. The Bertz CT molecular complexity index is 673. The zero-order valence-electron chi connectivity index (χ0n) is 18.0. The Morgan fingerprint density at radius 2 is 1.86 bits per heavy atom. The molecule has 0 aromatic heterocycles. The Kier molecular flexibility index (Phi) is 7.87. The first-order valence-corrected chi connectivity index (χ1v) is 10.2. The number of hydrogen-bond acceptors (Lipinski definition) is 3. The maximum absolute atomic E-state index is 12.1. The lowest BCUT2D eigenvalue weighted by molar-refractivity contribution is -0.121. The molecule has 0 unspecified atom stereocenters. The lowest BCUT2D eigenvalue weighted by Crippen LogP contribution is -2.49. The van der Waals surface area contributed by atoms with Gasteiger partial charge in [-0.15, -0.1) is 0 Å². The van der Waals surface area contributed by atoms with Gasteiger partial charge in [-0.3, -0.25) is 4.79 Å². The molecule has 0 spiro atoms. The summed E-state index contributed by atoms with van der Waals surface area (Å²) in [4.78, 5) is 16.6. The lowest BCUT2D eigenvalue weighted by Gasteiger charge is -2.39. The monoisotopic (exact) mass is 388 g/mol. The highest BCUT2D eigenvalue weighted by Crippen LogP contribution is 2.36. The fourth-order valence-corrected chi connectivity index (χ4v) is 3.67. The topological polar surface area (TPSA) is 74.8 Å². The van der Waals surface area contributed by atoms with E-state index in [1.807, 2.05) is 27.7 Å². The first-order chi connectivity index (χ1) is 13.3. The van der Waals surface area contributed by atoms with Gasteiger partial charge in [-0.05, 0) is 58.6 Å². The van der Waals surface area contributed by atoms with Gasteiger partial charge in [0.1, 0.15) is 6.54 Å². The van der Waals surface area contributed by atoms with Crippen molar-refractivity contribution in [3.05, 3.63) is 35.4 Å². The molecule has 1 aromatic carbocycles. The van der Waals surface area contributed by atoms with Crippen molar-refractivity contribution in [2.24, 2.45) is 4.99 Å². The number of benzene rings is 1. The van der Waals surface area contributed by atoms with Crippen LogP contribution < -0.4 is 16.0 Å². The highest BCUT2D eigenvalue weighted by Gasteiger charge is 2.35. The minimum atomic E-state index is -0.255. The van der Waals surface area contributed by atoms with Crippen LogP contribution in [-0.2, 0) is 14.9 Å². The van der Waals surface area contributed by atoms with Gasteiger partial charge in [-0.1, -0.05) is 24.3 Å². The first kappa shape index (κ1) is 22.2. The van der Waals surface area contributed by atoms with E-state index in [9.17, 15) is 4.79 Å². The Morgan fingerprint density at radius 3 is 2.46 bits per heavy atom. The van der Waals surface area contributed by atoms with E-state index >= 15 is 0 Å². The summed E-state index contributed by atoms with van der Waals surface area (Å²) in [5.41, 5.74) is 2.42. The van der Waals surface area contributed by atoms with Gasteiger partial charge in [0.05, 0.1) is 0 Å². The van der Waals surface area contributed by atoms with Crippen LogP contribution in [0.4, 0.5) is 0 Å². The van der Waals surface area contributed by atoms with E-state index in [0.717, 1.165) is 39.1 Å². The number of nitrogens with zero attached hydrogens (tertiary/aromatic N) is 1. The zero-order chi connectivity index (χ0) is 20.6. The second-order valence-electron chi connectivity index (χ2n) is 8.55. The van der Waals surface area contributed by atoms with Gasteiger partial charge in [0.25, 0.3) is 0 Å². The molecule has 1 fully saturated rings. The fraction of sp³-hybridized carbons (Fsp3) is 0.636. The van der Waals surface area contributed by atoms with Gasteiger partial charge >= 0.3 is 0 Å². The van der Waals surface area contributed by atoms with Gasteiger partial charge in [0, 0.05) is 37.3 Å². The van der Waals surface area contributed by atoms with Gasteiger partial charge in [0.15, 0.2) is 5.96 Å². The number of aliphatic imine (C=N–C) groups is 1. The molecule has 156 valence electrons. The second kappa shape index (κ2) is 9.92. The number of rotatable bonds is 6. The SMILES string of the molecule is CCNC(=NCC(=O)NC(C)(C)C)NCC1(c2ccccc2C)CCOCC1. The van der Waals surface area contributed by atoms with Crippen LogP contribution in [0.2, 0.25) is 0 Å². The van der Waals surface area contributed by atoms with E-state index in [1.54, 1.807) is 0 Å². The number of aryl methyl sites for hydroxylation is 1. The molecule has 1 aromatic rings. The molecular formula is C22H36N4O2. The van der Waals surface area contributed by atoms with Crippen molar-refractivity contribution in [1.82, 2.24) is 16.0 Å². The molecule has 0 atom stereocenters. The van der Waals surface area contributed by atoms with E-state index < -0.39 is 0 Å². The summed E-state index contributed by atoms with van der Waals surface area (Å²) in [6.07, 6.45) is 1.93. The van der Waals surface area contributed by atoms with Gasteiger partial charge in [0.2, 0.25) is 5.91 Å². The highest BCUT2D eigenvalue weighted by atomic mass is 16.5. The molecule has 0 saturated carbocycles. The average Bonchev–Trinajstić information content (AvgIpc) is 2.64. The molecule has 2 rings (SSSR count). The Labute approximate surface area is 169 Å². The van der Waals surface area contributed by atoms with Crippen molar-refractivity contribution < 1.29 is 9.53 Å². The molecule has 1 amide bonds. The van der Waals surface area contributed by atoms with E-state index in [1.165, 1.54) is 11.1 Å².